The Morgan fingerprint density at radius 2 is 1.46 bits per heavy atom. The summed E-state index contributed by atoms with van der Waals surface area (Å²) < 4.78 is 29.5. The van der Waals surface area contributed by atoms with Crippen molar-refractivity contribution in [3.8, 4) is 0 Å². The van der Waals surface area contributed by atoms with Crippen LogP contribution >= 0.6 is 23.2 Å². The first kappa shape index (κ1) is 20.5. The van der Waals surface area contributed by atoms with Crippen molar-refractivity contribution in [3.63, 3.8) is 0 Å². The Hall–Kier alpha value is -2.19. The van der Waals surface area contributed by atoms with Crippen molar-refractivity contribution < 1.29 is 33.3 Å². The lowest BCUT2D eigenvalue weighted by Crippen LogP contribution is -2.37. The van der Waals surface area contributed by atoms with Crippen LogP contribution in [0.25, 0.3) is 0 Å². The molecule has 1 unspecified atom stereocenters. The number of benzene rings is 2. The summed E-state index contributed by atoms with van der Waals surface area (Å²) >= 11 is 11.5. The smallest absolute Gasteiger partial charge is 0.338 e. The van der Waals surface area contributed by atoms with Gasteiger partial charge in [-0.15, -0.1) is 0 Å². The van der Waals surface area contributed by atoms with E-state index in [4.69, 9.17) is 37.4 Å². The molecule has 0 amide bonds. The van der Waals surface area contributed by atoms with E-state index >= 15 is 0 Å². The second-order valence-electron chi connectivity index (χ2n) is 5.99. The lowest BCUT2D eigenvalue weighted by atomic mass is 10.1. The molecule has 0 radical (unpaired) electrons. The molecule has 1 N–H and O–H groups in total. The molecule has 0 spiro atoms. The zero-order chi connectivity index (χ0) is 20.3. The summed E-state index contributed by atoms with van der Waals surface area (Å²) in [6.45, 7) is -0.419. The minimum atomic E-state index is -1.99. The third-order valence-electron chi connectivity index (χ3n) is 4.05. The number of aliphatic hydroxyl groups excluding tert-OH is 1. The van der Waals surface area contributed by atoms with Crippen LogP contribution in [0.4, 0.5) is 4.39 Å². The Bertz CT molecular complexity index is 843. The molecule has 1 aliphatic heterocycles. The highest BCUT2D eigenvalue weighted by molar-refractivity contribution is 6.30. The fourth-order valence-electron chi connectivity index (χ4n) is 2.58. The third kappa shape index (κ3) is 4.80. The molecule has 3 rings (SSSR count). The number of rotatable bonds is 5. The van der Waals surface area contributed by atoms with Gasteiger partial charge in [-0.25, -0.2) is 14.0 Å². The SMILES string of the molecule is O=C(OC[C@H]1OC(O)[C@@H](F)[C@@H]1OC(=O)c1ccc(Cl)cc1)c1ccc(Cl)cc1. The third-order valence-corrected chi connectivity index (χ3v) is 4.55. The first-order valence-electron chi connectivity index (χ1n) is 8.22. The molecule has 1 fully saturated rings. The van der Waals surface area contributed by atoms with E-state index in [0.29, 0.717) is 10.0 Å². The lowest BCUT2D eigenvalue weighted by Gasteiger charge is -2.19. The molecule has 28 heavy (non-hydrogen) atoms. The van der Waals surface area contributed by atoms with E-state index in [2.05, 4.69) is 0 Å². The summed E-state index contributed by atoms with van der Waals surface area (Å²) in [5, 5.41) is 10.5. The first-order chi connectivity index (χ1) is 13.3. The molecule has 1 saturated heterocycles. The number of aliphatic hydroxyl groups is 1. The topological polar surface area (TPSA) is 82.1 Å². The summed E-state index contributed by atoms with van der Waals surface area (Å²) in [5.74, 6) is -1.52. The molecule has 148 valence electrons. The van der Waals surface area contributed by atoms with Crippen molar-refractivity contribution in [3.05, 3.63) is 69.7 Å². The molecule has 2 aromatic carbocycles. The zero-order valence-electron chi connectivity index (χ0n) is 14.3. The standard InChI is InChI=1S/C19H15Cl2FO6/c20-12-5-1-10(2-6-12)17(23)26-9-14-16(15(22)19(25)27-14)28-18(24)11-3-7-13(21)8-4-11/h1-8,14-16,19,25H,9H2/t14-,15+,16-,19?/m1/s1. The Labute approximate surface area is 169 Å². The average Bonchev–Trinajstić information content (AvgIpc) is 2.95. The molecule has 0 bridgehead atoms. The van der Waals surface area contributed by atoms with Crippen LogP contribution in [0.5, 0.6) is 0 Å². The summed E-state index contributed by atoms with van der Waals surface area (Å²) in [6, 6.07) is 11.8. The average molecular weight is 429 g/mol. The van der Waals surface area contributed by atoms with Gasteiger partial charge in [-0.3, -0.25) is 0 Å². The predicted molar refractivity (Wildman–Crippen MR) is 98.2 cm³/mol. The summed E-state index contributed by atoms with van der Waals surface area (Å²) in [6.07, 6.45) is -6.41. The van der Waals surface area contributed by atoms with E-state index in [1.165, 1.54) is 48.5 Å². The number of carbonyl (C=O) groups excluding carboxylic acids is 2. The van der Waals surface area contributed by atoms with Crippen LogP contribution in [-0.2, 0) is 14.2 Å². The van der Waals surface area contributed by atoms with Crippen LogP contribution in [0, 0.1) is 0 Å². The normalized spacial score (nSPS) is 24.0. The molecule has 0 aliphatic carbocycles. The van der Waals surface area contributed by atoms with Gasteiger partial charge in [-0.05, 0) is 48.5 Å². The number of hydrogen-bond donors (Lipinski definition) is 1. The van der Waals surface area contributed by atoms with Crippen molar-refractivity contribution in [1.29, 1.82) is 0 Å². The predicted octanol–water partition coefficient (Wildman–Crippen LogP) is 3.43. The van der Waals surface area contributed by atoms with Gasteiger partial charge < -0.3 is 19.3 Å². The van der Waals surface area contributed by atoms with Gasteiger partial charge in [-0.1, -0.05) is 23.2 Å². The molecule has 4 atom stereocenters. The molecular weight excluding hydrogens is 414 g/mol. The summed E-state index contributed by atoms with van der Waals surface area (Å²) in [4.78, 5) is 24.3. The molecular formula is C19H15Cl2FO6. The summed E-state index contributed by atoms with van der Waals surface area (Å²) in [5.41, 5.74) is 0.379. The first-order valence-corrected chi connectivity index (χ1v) is 8.97. The fraction of sp³-hybridized carbons (Fsp3) is 0.263. The number of hydrogen-bond acceptors (Lipinski definition) is 6. The number of halogens is 3. The van der Waals surface area contributed by atoms with Gasteiger partial charge in [0, 0.05) is 10.0 Å². The van der Waals surface area contributed by atoms with Crippen molar-refractivity contribution in [2.45, 2.75) is 24.7 Å². The van der Waals surface area contributed by atoms with E-state index in [1.807, 2.05) is 0 Å². The molecule has 2 aromatic rings. The van der Waals surface area contributed by atoms with Gasteiger partial charge in [0.05, 0.1) is 11.1 Å². The fourth-order valence-corrected chi connectivity index (χ4v) is 2.83. The highest BCUT2D eigenvalue weighted by Crippen LogP contribution is 2.27. The van der Waals surface area contributed by atoms with Gasteiger partial charge in [-0.2, -0.15) is 0 Å². The molecule has 0 saturated carbocycles. The van der Waals surface area contributed by atoms with Crippen molar-refractivity contribution >= 4 is 35.1 Å². The number of alkyl halides is 1. The molecule has 0 aromatic heterocycles. The van der Waals surface area contributed by atoms with Crippen LogP contribution in [-0.4, -0.2) is 48.3 Å². The number of esters is 2. The van der Waals surface area contributed by atoms with E-state index in [9.17, 15) is 19.1 Å². The summed E-state index contributed by atoms with van der Waals surface area (Å²) in [7, 11) is 0. The van der Waals surface area contributed by atoms with Gasteiger partial charge >= 0.3 is 11.9 Å². The Morgan fingerprint density at radius 3 is 2.00 bits per heavy atom. The molecule has 1 heterocycles. The van der Waals surface area contributed by atoms with Crippen LogP contribution in [0.3, 0.4) is 0 Å². The molecule has 9 heteroatoms. The minimum Gasteiger partial charge on any atom is -0.459 e. The Kier molecular flexibility index (Phi) is 6.51. The maximum Gasteiger partial charge on any atom is 0.338 e. The van der Waals surface area contributed by atoms with Crippen LogP contribution in [0.2, 0.25) is 10.0 Å². The number of ether oxygens (including phenoxy) is 3. The lowest BCUT2D eigenvalue weighted by molar-refractivity contribution is -0.122. The second kappa shape index (κ2) is 8.87. The van der Waals surface area contributed by atoms with E-state index in [0.717, 1.165) is 0 Å². The molecule has 1 aliphatic rings. The van der Waals surface area contributed by atoms with E-state index < -0.39 is 43.2 Å². The Morgan fingerprint density at radius 1 is 0.964 bits per heavy atom. The van der Waals surface area contributed by atoms with Crippen molar-refractivity contribution in [2.75, 3.05) is 6.61 Å². The van der Waals surface area contributed by atoms with Crippen LogP contribution in [0.1, 0.15) is 20.7 Å². The van der Waals surface area contributed by atoms with Crippen molar-refractivity contribution in [2.24, 2.45) is 0 Å². The molecule has 6 nitrogen and oxygen atoms in total. The van der Waals surface area contributed by atoms with Gasteiger partial charge in [0.25, 0.3) is 0 Å². The van der Waals surface area contributed by atoms with E-state index in [-0.39, 0.29) is 11.1 Å². The largest absolute Gasteiger partial charge is 0.459 e. The van der Waals surface area contributed by atoms with Crippen LogP contribution < -0.4 is 0 Å². The maximum atomic E-state index is 14.2. The van der Waals surface area contributed by atoms with Crippen molar-refractivity contribution in [1.82, 2.24) is 0 Å². The Balaban J connectivity index is 1.63. The number of carbonyl (C=O) groups is 2. The van der Waals surface area contributed by atoms with Gasteiger partial charge in [0.15, 0.2) is 18.6 Å². The van der Waals surface area contributed by atoms with E-state index in [1.54, 1.807) is 0 Å². The maximum absolute atomic E-state index is 14.2. The quantitative estimate of drug-likeness (QED) is 0.734. The highest BCUT2D eigenvalue weighted by atomic mass is 35.5. The second-order valence-corrected chi connectivity index (χ2v) is 6.86. The minimum absolute atomic E-state index is 0.148. The highest BCUT2D eigenvalue weighted by Gasteiger charge is 2.47. The van der Waals surface area contributed by atoms with Crippen LogP contribution in [0.15, 0.2) is 48.5 Å². The zero-order valence-corrected chi connectivity index (χ0v) is 15.8. The van der Waals surface area contributed by atoms with Gasteiger partial charge in [0.2, 0.25) is 0 Å². The monoisotopic (exact) mass is 428 g/mol. The van der Waals surface area contributed by atoms with Gasteiger partial charge in [0.1, 0.15) is 12.7 Å².